The third-order valence-electron chi connectivity index (χ3n) is 6.61. The summed E-state index contributed by atoms with van der Waals surface area (Å²) in [6, 6.07) is 16.3. The van der Waals surface area contributed by atoms with Crippen LogP contribution >= 0.6 is 0 Å². The first kappa shape index (κ1) is 28.6. The number of carbonyl (C=O) groups excluding carboxylic acids is 1. The predicted molar refractivity (Wildman–Crippen MR) is 155 cm³/mol. The number of benzene rings is 3. The van der Waals surface area contributed by atoms with E-state index in [9.17, 15) is 21.6 Å². The molecule has 0 radical (unpaired) electrons. The van der Waals surface area contributed by atoms with Crippen LogP contribution in [0.1, 0.15) is 60.3 Å². The normalized spacial score (nSPS) is 16.6. The molecule has 9 nitrogen and oxygen atoms in total. The summed E-state index contributed by atoms with van der Waals surface area (Å²) in [5.74, 6) is -0.409. The maximum atomic E-state index is 13.3. The van der Waals surface area contributed by atoms with Crippen LogP contribution in [0.2, 0.25) is 0 Å². The number of aryl methyl sites for hydroxylation is 2. The molecule has 0 spiro atoms. The standard InChI is InChI=1S/C28H34N4O5S2/c1-6-19-8-12-22(13-9-19)39(36,37)32-26-17-28(3,4)30-24-14-10-20(15-23(24)26)27(33)29-21-11-7-18(2)25(16-21)31-38(5,34)35/h7-16,26,30-32H,6,17H2,1-5H3,(H,29,33)/t26-/m0/s1. The van der Waals surface area contributed by atoms with Crippen molar-refractivity contribution >= 4 is 43.0 Å². The van der Waals surface area contributed by atoms with Crippen molar-refractivity contribution in [3.8, 4) is 0 Å². The van der Waals surface area contributed by atoms with Crippen molar-refractivity contribution in [1.82, 2.24) is 4.72 Å². The van der Waals surface area contributed by atoms with Crippen LogP contribution in [0.5, 0.6) is 0 Å². The van der Waals surface area contributed by atoms with Gasteiger partial charge in [-0.25, -0.2) is 21.6 Å². The topological polar surface area (TPSA) is 133 Å². The van der Waals surface area contributed by atoms with Crippen LogP contribution in [-0.2, 0) is 26.5 Å². The molecule has 0 fully saturated rings. The van der Waals surface area contributed by atoms with Gasteiger partial charge in [0.05, 0.1) is 22.9 Å². The number of fused-ring (bicyclic) bond motifs is 1. The van der Waals surface area contributed by atoms with Crippen molar-refractivity contribution in [3.63, 3.8) is 0 Å². The van der Waals surface area contributed by atoms with Gasteiger partial charge in [0.15, 0.2) is 0 Å². The lowest BCUT2D eigenvalue weighted by molar-refractivity contribution is 0.102. The molecular weight excluding hydrogens is 536 g/mol. The first-order valence-electron chi connectivity index (χ1n) is 12.6. The van der Waals surface area contributed by atoms with Gasteiger partial charge in [0.2, 0.25) is 20.0 Å². The van der Waals surface area contributed by atoms with E-state index in [2.05, 4.69) is 20.1 Å². The fourth-order valence-electron chi connectivity index (χ4n) is 4.62. The number of nitrogens with one attached hydrogen (secondary N) is 4. The molecular formula is C28H34N4O5S2. The lowest BCUT2D eigenvalue weighted by atomic mass is 9.85. The number of amides is 1. The summed E-state index contributed by atoms with van der Waals surface area (Å²) < 4.78 is 55.2. The third-order valence-corrected chi connectivity index (χ3v) is 8.69. The van der Waals surface area contributed by atoms with Crippen LogP contribution in [0.15, 0.2) is 65.6 Å². The van der Waals surface area contributed by atoms with Crippen LogP contribution in [0.3, 0.4) is 0 Å². The average Bonchev–Trinajstić information content (AvgIpc) is 2.84. The monoisotopic (exact) mass is 570 g/mol. The smallest absolute Gasteiger partial charge is 0.255 e. The molecule has 1 aliphatic heterocycles. The summed E-state index contributed by atoms with van der Waals surface area (Å²) in [6.07, 6.45) is 2.34. The Hall–Kier alpha value is -3.41. The number of anilines is 3. The van der Waals surface area contributed by atoms with Gasteiger partial charge in [0.25, 0.3) is 5.91 Å². The van der Waals surface area contributed by atoms with E-state index in [-0.39, 0.29) is 10.4 Å². The summed E-state index contributed by atoms with van der Waals surface area (Å²) in [5.41, 5.74) is 3.90. The minimum absolute atomic E-state index is 0.185. The van der Waals surface area contributed by atoms with E-state index in [1.807, 2.05) is 20.8 Å². The summed E-state index contributed by atoms with van der Waals surface area (Å²) in [4.78, 5) is 13.4. The molecule has 4 N–H and O–H groups in total. The van der Waals surface area contributed by atoms with Gasteiger partial charge in [-0.05, 0) is 92.8 Å². The van der Waals surface area contributed by atoms with Crippen molar-refractivity contribution in [2.45, 2.75) is 57.0 Å². The van der Waals surface area contributed by atoms with Gasteiger partial charge < -0.3 is 10.6 Å². The fraction of sp³-hybridized carbons (Fsp3) is 0.321. The molecule has 3 aromatic carbocycles. The van der Waals surface area contributed by atoms with Gasteiger partial charge in [-0.3, -0.25) is 9.52 Å². The Morgan fingerprint density at radius 1 is 1.00 bits per heavy atom. The van der Waals surface area contributed by atoms with Crippen molar-refractivity contribution < 1.29 is 21.6 Å². The lowest BCUT2D eigenvalue weighted by Gasteiger charge is -2.39. The Bertz CT molecular complexity index is 1620. The van der Waals surface area contributed by atoms with Crippen LogP contribution in [0.25, 0.3) is 0 Å². The molecule has 0 aromatic heterocycles. The van der Waals surface area contributed by atoms with Crippen LogP contribution < -0.4 is 20.1 Å². The quantitative estimate of drug-likeness (QED) is 0.308. The number of hydrogen-bond acceptors (Lipinski definition) is 6. The van der Waals surface area contributed by atoms with Crippen molar-refractivity contribution in [2.75, 3.05) is 21.6 Å². The third kappa shape index (κ3) is 6.97. The second-order valence-corrected chi connectivity index (χ2v) is 14.0. The minimum atomic E-state index is -3.82. The Balaban J connectivity index is 1.62. The fourth-order valence-corrected chi connectivity index (χ4v) is 6.45. The molecule has 0 unspecified atom stereocenters. The molecule has 39 heavy (non-hydrogen) atoms. The molecule has 1 heterocycles. The molecule has 0 saturated heterocycles. The highest BCUT2D eigenvalue weighted by molar-refractivity contribution is 7.92. The Morgan fingerprint density at radius 2 is 1.69 bits per heavy atom. The van der Waals surface area contributed by atoms with Gasteiger partial charge in [-0.2, -0.15) is 0 Å². The predicted octanol–water partition coefficient (Wildman–Crippen LogP) is 4.80. The highest BCUT2D eigenvalue weighted by Crippen LogP contribution is 2.39. The molecule has 0 bridgehead atoms. The summed E-state index contributed by atoms with van der Waals surface area (Å²) in [6.45, 7) is 7.76. The molecule has 208 valence electrons. The van der Waals surface area contributed by atoms with E-state index in [1.54, 1.807) is 67.6 Å². The van der Waals surface area contributed by atoms with Crippen molar-refractivity contribution in [2.24, 2.45) is 0 Å². The largest absolute Gasteiger partial charge is 0.380 e. The second-order valence-electron chi connectivity index (χ2n) is 10.5. The molecule has 11 heteroatoms. The number of hydrogen-bond donors (Lipinski definition) is 4. The molecule has 1 aliphatic rings. The van der Waals surface area contributed by atoms with Gasteiger partial charge in [-0.15, -0.1) is 0 Å². The average molecular weight is 571 g/mol. The molecule has 4 rings (SSSR count). The van der Waals surface area contributed by atoms with E-state index in [0.717, 1.165) is 23.9 Å². The summed E-state index contributed by atoms with van der Waals surface area (Å²) >= 11 is 0. The van der Waals surface area contributed by atoms with Crippen molar-refractivity contribution in [3.05, 3.63) is 82.9 Å². The van der Waals surface area contributed by atoms with Gasteiger partial charge >= 0.3 is 0 Å². The van der Waals surface area contributed by atoms with Gasteiger partial charge in [-0.1, -0.05) is 25.1 Å². The van der Waals surface area contributed by atoms with Crippen molar-refractivity contribution in [1.29, 1.82) is 0 Å². The van der Waals surface area contributed by atoms with E-state index in [0.29, 0.717) is 34.5 Å². The van der Waals surface area contributed by atoms with E-state index in [1.165, 1.54) is 0 Å². The molecule has 0 aliphatic carbocycles. The maximum absolute atomic E-state index is 13.3. The Kier molecular flexibility index (Phi) is 7.79. The molecule has 1 amide bonds. The zero-order valence-corrected chi connectivity index (χ0v) is 24.3. The lowest BCUT2D eigenvalue weighted by Crippen LogP contribution is -2.43. The Labute approximate surface area is 230 Å². The van der Waals surface area contributed by atoms with Gasteiger partial charge in [0, 0.05) is 22.5 Å². The second kappa shape index (κ2) is 10.6. The highest BCUT2D eigenvalue weighted by atomic mass is 32.2. The first-order chi connectivity index (χ1) is 18.2. The molecule has 1 atom stereocenters. The van der Waals surface area contributed by atoms with E-state index < -0.39 is 32.0 Å². The molecule has 0 saturated carbocycles. The Morgan fingerprint density at radius 3 is 2.33 bits per heavy atom. The highest BCUT2D eigenvalue weighted by Gasteiger charge is 2.35. The van der Waals surface area contributed by atoms with E-state index >= 15 is 0 Å². The number of carbonyl (C=O) groups is 1. The van der Waals surface area contributed by atoms with Crippen LogP contribution in [-0.4, -0.2) is 34.5 Å². The molecule has 3 aromatic rings. The summed E-state index contributed by atoms with van der Waals surface area (Å²) in [5, 5.41) is 6.23. The first-order valence-corrected chi connectivity index (χ1v) is 16.0. The SMILES string of the molecule is CCc1ccc(S(=O)(=O)N[C@H]2CC(C)(C)Nc3ccc(C(=O)Nc4ccc(C)c(NS(C)(=O)=O)c4)cc32)cc1. The van der Waals surface area contributed by atoms with Crippen LogP contribution in [0, 0.1) is 6.92 Å². The number of rotatable bonds is 8. The maximum Gasteiger partial charge on any atom is 0.255 e. The zero-order valence-electron chi connectivity index (χ0n) is 22.6. The summed E-state index contributed by atoms with van der Waals surface area (Å²) in [7, 11) is -7.31. The van der Waals surface area contributed by atoms with E-state index in [4.69, 9.17) is 0 Å². The zero-order chi connectivity index (χ0) is 28.6. The minimum Gasteiger partial charge on any atom is -0.380 e. The number of sulfonamides is 2. The van der Waals surface area contributed by atoms with Crippen LogP contribution in [0.4, 0.5) is 17.1 Å². The van der Waals surface area contributed by atoms with Gasteiger partial charge in [0.1, 0.15) is 0 Å².